The molecule has 0 aliphatic heterocycles. The van der Waals surface area contributed by atoms with Crippen molar-refractivity contribution in [2.75, 3.05) is 20.2 Å². The van der Waals surface area contributed by atoms with Crippen LogP contribution in [0.15, 0.2) is 54.6 Å². The van der Waals surface area contributed by atoms with Gasteiger partial charge in [0.25, 0.3) is 0 Å². The van der Waals surface area contributed by atoms with Crippen LogP contribution < -0.4 is 10.1 Å². The van der Waals surface area contributed by atoms with Crippen LogP contribution in [0.2, 0.25) is 0 Å². The fourth-order valence-electron chi connectivity index (χ4n) is 1.92. The summed E-state index contributed by atoms with van der Waals surface area (Å²) >= 11 is 0. The average Bonchev–Trinajstić information content (AvgIpc) is 2.55. The van der Waals surface area contributed by atoms with Crippen LogP contribution >= 0.6 is 0 Å². The van der Waals surface area contributed by atoms with Crippen LogP contribution in [0.1, 0.15) is 5.56 Å². The fourth-order valence-corrected chi connectivity index (χ4v) is 1.92. The largest absolute Gasteiger partial charge is 0.457 e. The topological polar surface area (TPSA) is 61.8 Å². The third-order valence-electron chi connectivity index (χ3n) is 3.16. The molecule has 0 radical (unpaired) electrons. The minimum absolute atomic E-state index is 0.0579. The molecule has 2 N–H and O–H groups in total. The molecule has 5 heteroatoms. The average molecular weight is 300 g/mol. The van der Waals surface area contributed by atoms with E-state index >= 15 is 0 Å². The van der Waals surface area contributed by atoms with E-state index in [1.807, 2.05) is 54.6 Å². The monoisotopic (exact) mass is 300 g/mol. The normalized spacial score (nSPS) is 10.1. The van der Waals surface area contributed by atoms with Gasteiger partial charge < -0.3 is 20.1 Å². The molecule has 5 nitrogen and oxygen atoms in total. The highest BCUT2D eigenvalue weighted by atomic mass is 16.5. The number of hydrogen-bond donors (Lipinski definition) is 2. The molecule has 0 spiro atoms. The fraction of sp³-hybridized carbons (Fsp3) is 0.235. The van der Waals surface area contributed by atoms with Crippen molar-refractivity contribution in [3.63, 3.8) is 0 Å². The van der Waals surface area contributed by atoms with Crippen LogP contribution in [-0.2, 0) is 6.54 Å². The van der Waals surface area contributed by atoms with Crippen LogP contribution in [-0.4, -0.2) is 36.2 Å². The Hall–Kier alpha value is -2.53. The summed E-state index contributed by atoms with van der Waals surface area (Å²) in [7, 11) is 1.64. The standard InChI is InChI=1S/C17H20N2O3/c1-19(11-12-20)17(21)18-13-14-7-5-6-10-16(14)22-15-8-3-2-4-9-15/h2-10,20H,11-13H2,1H3,(H,18,21). The van der Waals surface area contributed by atoms with Gasteiger partial charge in [0.05, 0.1) is 6.61 Å². The summed E-state index contributed by atoms with van der Waals surface area (Å²) in [6.07, 6.45) is 0. The van der Waals surface area contributed by atoms with Crippen LogP contribution in [0.5, 0.6) is 11.5 Å². The highest BCUT2D eigenvalue weighted by Crippen LogP contribution is 2.24. The van der Waals surface area contributed by atoms with Gasteiger partial charge in [0.15, 0.2) is 0 Å². The molecule has 2 aromatic rings. The predicted molar refractivity (Wildman–Crippen MR) is 84.9 cm³/mol. The number of urea groups is 1. The molecule has 0 aliphatic rings. The first kappa shape index (κ1) is 15.9. The molecule has 22 heavy (non-hydrogen) atoms. The molecular weight excluding hydrogens is 280 g/mol. The van der Waals surface area contributed by atoms with E-state index in [0.29, 0.717) is 18.8 Å². The van der Waals surface area contributed by atoms with E-state index in [1.54, 1.807) is 7.05 Å². The van der Waals surface area contributed by atoms with E-state index in [-0.39, 0.29) is 12.6 Å². The SMILES string of the molecule is CN(CCO)C(=O)NCc1ccccc1Oc1ccccc1. The van der Waals surface area contributed by atoms with Gasteiger partial charge in [-0.1, -0.05) is 36.4 Å². The van der Waals surface area contributed by atoms with E-state index in [9.17, 15) is 4.79 Å². The summed E-state index contributed by atoms with van der Waals surface area (Å²) in [5.74, 6) is 1.46. The molecule has 0 saturated carbocycles. The number of carbonyl (C=O) groups excluding carboxylic acids is 1. The molecule has 0 fully saturated rings. The Morgan fingerprint density at radius 2 is 1.82 bits per heavy atom. The highest BCUT2D eigenvalue weighted by molar-refractivity contribution is 5.73. The molecule has 2 amide bonds. The van der Waals surface area contributed by atoms with Crippen LogP contribution in [0.25, 0.3) is 0 Å². The summed E-state index contributed by atoms with van der Waals surface area (Å²) in [5, 5.41) is 11.6. The lowest BCUT2D eigenvalue weighted by atomic mass is 10.2. The summed E-state index contributed by atoms with van der Waals surface area (Å²) in [6.45, 7) is 0.600. The van der Waals surface area contributed by atoms with E-state index in [2.05, 4.69) is 5.32 Å². The van der Waals surface area contributed by atoms with Gasteiger partial charge in [0.1, 0.15) is 11.5 Å². The van der Waals surface area contributed by atoms with Crippen molar-refractivity contribution in [1.82, 2.24) is 10.2 Å². The Bertz CT molecular complexity index is 602. The zero-order valence-electron chi connectivity index (χ0n) is 12.5. The van der Waals surface area contributed by atoms with Gasteiger partial charge in [-0.3, -0.25) is 0 Å². The van der Waals surface area contributed by atoms with Gasteiger partial charge in [0.2, 0.25) is 0 Å². The van der Waals surface area contributed by atoms with Crippen molar-refractivity contribution in [3.8, 4) is 11.5 Å². The van der Waals surface area contributed by atoms with Crippen LogP contribution in [0.3, 0.4) is 0 Å². The number of ether oxygens (including phenoxy) is 1. The number of aliphatic hydroxyl groups is 1. The van der Waals surface area contributed by atoms with Crippen molar-refractivity contribution < 1.29 is 14.6 Å². The molecule has 0 bridgehead atoms. The maximum absolute atomic E-state index is 11.8. The minimum atomic E-state index is -0.233. The minimum Gasteiger partial charge on any atom is -0.457 e. The molecule has 0 heterocycles. The molecule has 0 unspecified atom stereocenters. The molecule has 0 aromatic heterocycles. The van der Waals surface area contributed by atoms with Gasteiger partial charge >= 0.3 is 6.03 Å². The van der Waals surface area contributed by atoms with Crippen molar-refractivity contribution in [2.45, 2.75) is 6.54 Å². The quantitative estimate of drug-likeness (QED) is 0.862. The third-order valence-corrected chi connectivity index (χ3v) is 3.16. The summed E-state index contributed by atoms with van der Waals surface area (Å²) in [4.78, 5) is 13.3. The molecule has 0 saturated heterocycles. The second-order valence-corrected chi connectivity index (χ2v) is 4.83. The zero-order valence-corrected chi connectivity index (χ0v) is 12.5. The highest BCUT2D eigenvalue weighted by Gasteiger charge is 2.09. The first-order valence-electron chi connectivity index (χ1n) is 7.11. The number of nitrogens with zero attached hydrogens (tertiary/aromatic N) is 1. The first-order chi connectivity index (χ1) is 10.7. The number of hydrogen-bond acceptors (Lipinski definition) is 3. The number of likely N-dealkylation sites (N-methyl/N-ethyl adjacent to an activating group) is 1. The van der Waals surface area contributed by atoms with E-state index in [1.165, 1.54) is 4.90 Å². The Morgan fingerprint density at radius 3 is 2.55 bits per heavy atom. The van der Waals surface area contributed by atoms with Crippen molar-refractivity contribution in [1.29, 1.82) is 0 Å². The van der Waals surface area contributed by atoms with E-state index in [0.717, 1.165) is 11.3 Å². The predicted octanol–water partition coefficient (Wildman–Crippen LogP) is 2.61. The Kier molecular flexibility index (Phi) is 5.80. The maximum Gasteiger partial charge on any atom is 0.317 e. The van der Waals surface area contributed by atoms with Gasteiger partial charge in [-0.2, -0.15) is 0 Å². The number of rotatable bonds is 6. The lowest BCUT2D eigenvalue weighted by Crippen LogP contribution is -2.38. The molecule has 0 aliphatic carbocycles. The van der Waals surface area contributed by atoms with Crippen molar-refractivity contribution >= 4 is 6.03 Å². The third kappa shape index (κ3) is 4.49. The van der Waals surface area contributed by atoms with Crippen LogP contribution in [0.4, 0.5) is 4.79 Å². The van der Waals surface area contributed by atoms with E-state index in [4.69, 9.17) is 9.84 Å². The molecule has 116 valence electrons. The van der Waals surface area contributed by atoms with Gasteiger partial charge in [-0.25, -0.2) is 4.79 Å². The van der Waals surface area contributed by atoms with Gasteiger partial charge in [0, 0.05) is 25.7 Å². The number of amides is 2. The van der Waals surface area contributed by atoms with Crippen molar-refractivity contribution in [3.05, 3.63) is 60.2 Å². The molecule has 0 atom stereocenters. The molecular formula is C17H20N2O3. The van der Waals surface area contributed by atoms with Gasteiger partial charge in [-0.05, 0) is 18.2 Å². The van der Waals surface area contributed by atoms with Crippen molar-refractivity contribution in [2.24, 2.45) is 0 Å². The smallest absolute Gasteiger partial charge is 0.317 e. The molecule has 2 aromatic carbocycles. The second-order valence-electron chi connectivity index (χ2n) is 4.83. The summed E-state index contributed by atoms with van der Waals surface area (Å²) in [6, 6.07) is 16.8. The Morgan fingerprint density at radius 1 is 1.14 bits per heavy atom. The summed E-state index contributed by atoms with van der Waals surface area (Å²) < 4.78 is 5.84. The lowest BCUT2D eigenvalue weighted by molar-refractivity contribution is 0.190. The number of para-hydroxylation sites is 2. The van der Waals surface area contributed by atoms with Crippen LogP contribution in [0, 0.1) is 0 Å². The Labute approximate surface area is 130 Å². The first-order valence-corrected chi connectivity index (χ1v) is 7.11. The summed E-state index contributed by atoms with van der Waals surface area (Å²) in [5.41, 5.74) is 0.886. The maximum atomic E-state index is 11.8. The van der Waals surface area contributed by atoms with E-state index < -0.39 is 0 Å². The second kappa shape index (κ2) is 8.05. The molecule has 2 rings (SSSR count). The number of carbonyl (C=O) groups is 1. The zero-order chi connectivity index (χ0) is 15.8. The van der Waals surface area contributed by atoms with Gasteiger partial charge in [-0.15, -0.1) is 0 Å². The number of aliphatic hydroxyl groups excluding tert-OH is 1. The number of nitrogens with one attached hydrogen (secondary N) is 1. The number of benzene rings is 2. The lowest BCUT2D eigenvalue weighted by Gasteiger charge is -2.17. The Balaban J connectivity index is 2.01.